The van der Waals surface area contributed by atoms with Crippen molar-refractivity contribution in [3.05, 3.63) is 79.6 Å². The van der Waals surface area contributed by atoms with E-state index < -0.39 is 11.6 Å². The van der Waals surface area contributed by atoms with Gasteiger partial charge in [0.2, 0.25) is 0 Å². The van der Waals surface area contributed by atoms with Crippen LogP contribution in [-0.4, -0.2) is 18.4 Å². The maximum absolute atomic E-state index is 12.0. The van der Waals surface area contributed by atoms with E-state index in [1.54, 1.807) is 30.3 Å². The number of ether oxygens (including phenoxy) is 1. The Morgan fingerprint density at radius 3 is 2.46 bits per heavy atom. The predicted octanol–water partition coefficient (Wildman–Crippen LogP) is 3.65. The molecular weight excluding hydrogens is 426 g/mol. The van der Waals surface area contributed by atoms with Gasteiger partial charge in [0.1, 0.15) is 18.7 Å². The average Bonchev–Trinajstić information content (AvgIpc) is 2.66. The van der Waals surface area contributed by atoms with Crippen molar-refractivity contribution >= 4 is 38.8 Å². The van der Waals surface area contributed by atoms with Crippen molar-refractivity contribution in [3.63, 3.8) is 0 Å². The van der Waals surface area contributed by atoms with Gasteiger partial charge in [-0.25, -0.2) is 4.79 Å². The fourth-order valence-electron chi connectivity index (χ4n) is 2.67. The van der Waals surface area contributed by atoms with Crippen LogP contribution in [0.2, 0.25) is 0 Å². The number of carbonyl (C=O) groups is 2. The third-order valence-electron chi connectivity index (χ3n) is 4.33. The van der Waals surface area contributed by atoms with Crippen LogP contribution < -0.4 is 10.9 Å². The molecule has 1 aromatic heterocycles. The fraction of sp³-hybridized carbons (Fsp3) is 0.190. The lowest BCUT2D eigenvalue weighted by atomic mass is 10.0. The van der Waals surface area contributed by atoms with Crippen molar-refractivity contribution in [2.24, 2.45) is 0 Å². The van der Waals surface area contributed by atoms with Gasteiger partial charge in [0.15, 0.2) is 0 Å². The van der Waals surface area contributed by atoms with E-state index in [1.807, 2.05) is 19.9 Å². The van der Waals surface area contributed by atoms with Gasteiger partial charge in [-0.05, 0) is 61.4 Å². The zero-order valence-corrected chi connectivity index (χ0v) is 17.0. The summed E-state index contributed by atoms with van der Waals surface area (Å²) in [5.41, 5.74) is 2.97. The molecule has 3 rings (SSSR count). The second-order valence-corrected chi connectivity index (χ2v) is 7.29. The highest BCUT2D eigenvalue weighted by atomic mass is 79.9. The van der Waals surface area contributed by atoms with Gasteiger partial charge in [-0.1, -0.05) is 15.9 Å². The smallest absolute Gasteiger partial charge is 0.336 e. The molecule has 0 bridgehead atoms. The van der Waals surface area contributed by atoms with Crippen molar-refractivity contribution in [1.82, 2.24) is 5.32 Å². The quantitative estimate of drug-likeness (QED) is 0.480. The van der Waals surface area contributed by atoms with Crippen LogP contribution in [0.1, 0.15) is 27.0 Å². The van der Waals surface area contributed by atoms with Crippen LogP contribution in [0.25, 0.3) is 11.0 Å². The SMILES string of the molecule is Cc1cc2oc(=O)cc(COC(=O)CNC(=O)c3ccc(Br)cc3)c2cc1C. The van der Waals surface area contributed by atoms with Crippen molar-refractivity contribution in [2.75, 3.05) is 6.54 Å². The Hall–Kier alpha value is -2.93. The lowest BCUT2D eigenvalue weighted by molar-refractivity contribution is -0.143. The molecule has 2 aromatic carbocycles. The molecule has 7 heteroatoms. The molecule has 0 saturated carbocycles. The number of amides is 1. The summed E-state index contributed by atoms with van der Waals surface area (Å²) in [5, 5.41) is 3.23. The number of esters is 1. The minimum absolute atomic E-state index is 0.0857. The highest BCUT2D eigenvalue weighted by Crippen LogP contribution is 2.22. The van der Waals surface area contributed by atoms with Gasteiger partial charge in [0, 0.05) is 27.1 Å². The molecule has 1 amide bonds. The summed E-state index contributed by atoms with van der Waals surface area (Å²) in [6.07, 6.45) is 0. The van der Waals surface area contributed by atoms with Crippen LogP contribution in [-0.2, 0) is 16.1 Å². The van der Waals surface area contributed by atoms with E-state index in [1.165, 1.54) is 6.07 Å². The second-order valence-electron chi connectivity index (χ2n) is 6.37. The molecule has 0 unspecified atom stereocenters. The number of nitrogens with one attached hydrogen (secondary N) is 1. The molecule has 1 N–H and O–H groups in total. The van der Waals surface area contributed by atoms with Gasteiger partial charge in [-0.15, -0.1) is 0 Å². The summed E-state index contributed by atoms with van der Waals surface area (Å²) < 4.78 is 11.3. The number of fused-ring (bicyclic) bond motifs is 1. The van der Waals surface area contributed by atoms with E-state index in [4.69, 9.17) is 9.15 Å². The van der Waals surface area contributed by atoms with Crippen molar-refractivity contribution in [1.29, 1.82) is 0 Å². The summed E-state index contributed by atoms with van der Waals surface area (Å²) in [7, 11) is 0. The molecule has 1 heterocycles. The lowest BCUT2D eigenvalue weighted by Gasteiger charge is -2.10. The third kappa shape index (κ3) is 4.67. The van der Waals surface area contributed by atoms with E-state index in [0.29, 0.717) is 16.7 Å². The van der Waals surface area contributed by atoms with E-state index in [2.05, 4.69) is 21.2 Å². The minimum Gasteiger partial charge on any atom is -0.459 e. The van der Waals surface area contributed by atoms with E-state index >= 15 is 0 Å². The van der Waals surface area contributed by atoms with Gasteiger partial charge in [0.05, 0.1) is 0 Å². The normalized spacial score (nSPS) is 10.7. The van der Waals surface area contributed by atoms with Crippen LogP contribution in [0.4, 0.5) is 0 Å². The van der Waals surface area contributed by atoms with E-state index in [9.17, 15) is 14.4 Å². The standard InChI is InChI=1S/C21H18BrNO5/c1-12-7-17-15(9-19(24)28-18(17)8-13(12)2)11-27-20(25)10-23-21(26)14-3-5-16(22)6-4-14/h3-9H,10-11H2,1-2H3,(H,23,26). The van der Waals surface area contributed by atoms with Crippen molar-refractivity contribution in [2.45, 2.75) is 20.5 Å². The van der Waals surface area contributed by atoms with E-state index in [-0.39, 0.29) is 19.1 Å². The Balaban J connectivity index is 1.64. The Morgan fingerprint density at radius 2 is 1.75 bits per heavy atom. The fourth-order valence-corrected chi connectivity index (χ4v) is 2.93. The Kier molecular flexibility index (Phi) is 5.94. The monoisotopic (exact) mass is 443 g/mol. The molecule has 28 heavy (non-hydrogen) atoms. The maximum atomic E-state index is 12.0. The van der Waals surface area contributed by atoms with Gasteiger partial charge >= 0.3 is 11.6 Å². The Bertz CT molecular complexity index is 1100. The molecule has 0 aliphatic heterocycles. The number of aryl methyl sites for hydroxylation is 2. The molecule has 0 aliphatic carbocycles. The maximum Gasteiger partial charge on any atom is 0.336 e. The minimum atomic E-state index is -0.601. The number of benzene rings is 2. The zero-order valence-electron chi connectivity index (χ0n) is 15.4. The summed E-state index contributed by atoms with van der Waals surface area (Å²) in [6.45, 7) is 3.52. The first-order chi connectivity index (χ1) is 13.3. The zero-order chi connectivity index (χ0) is 20.3. The van der Waals surface area contributed by atoms with Crippen LogP contribution in [0, 0.1) is 13.8 Å². The van der Waals surface area contributed by atoms with E-state index in [0.717, 1.165) is 21.0 Å². The number of hydrogen-bond acceptors (Lipinski definition) is 5. The first-order valence-corrected chi connectivity index (χ1v) is 9.36. The first-order valence-electron chi connectivity index (χ1n) is 8.57. The van der Waals surface area contributed by atoms with Gasteiger partial charge in [-0.2, -0.15) is 0 Å². The van der Waals surface area contributed by atoms with Crippen LogP contribution in [0.15, 0.2) is 56.1 Å². The molecule has 6 nitrogen and oxygen atoms in total. The summed E-state index contributed by atoms with van der Waals surface area (Å²) in [6, 6.07) is 11.8. The highest BCUT2D eigenvalue weighted by molar-refractivity contribution is 9.10. The number of hydrogen-bond donors (Lipinski definition) is 1. The Morgan fingerprint density at radius 1 is 1.07 bits per heavy atom. The highest BCUT2D eigenvalue weighted by Gasteiger charge is 2.12. The van der Waals surface area contributed by atoms with Gasteiger partial charge in [0.25, 0.3) is 5.91 Å². The molecular formula is C21H18BrNO5. The average molecular weight is 444 g/mol. The molecule has 144 valence electrons. The molecule has 0 fully saturated rings. The van der Waals surface area contributed by atoms with Crippen LogP contribution in [0.3, 0.4) is 0 Å². The van der Waals surface area contributed by atoms with Gasteiger partial charge in [-0.3, -0.25) is 9.59 Å². The predicted molar refractivity (Wildman–Crippen MR) is 108 cm³/mol. The lowest BCUT2D eigenvalue weighted by Crippen LogP contribution is -2.30. The molecule has 0 spiro atoms. The molecule has 0 radical (unpaired) electrons. The molecule has 3 aromatic rings. The van der Waals surface area contributed by atoms with Crippen LogP contribution in [0.5, 0.6) is 0 Å². The van der Waals surface area contributed by atoms with Crippen LogP contribution >= 0.6 is 15.9 Å². The topological polar surface area (TPSA) is 85.6 Å². The summed E-state index contributed by atoms with van der Waals surface area (Å²) in [5.74, 6) is -0.975. The molecule has 0 saturated heterocycles. The molecule has 0 aliphatic rings. The first kappa shape index (κ1) is 19.8. The van der Waals surface area contributed by atoms with Crippen molar-refractivity contribution in [3.8, 4) is 0 Å². The summed E-state index contributed by atoms with van der Waals surface area (Å²) >= 11 is 3.30. The number of halogens is 1. The summed E-state index contributed by atoms with van der Waals surface area (Å²) in [4.78, 5) is 35.8. The van der Waals surface area contributed by atoms with Gasteiger partial charge < -0.3 is 14.5 Å². The number of rotatable bonds is 5. The van der Waals surface area contributed by atoms with Crippen molar-refractivity contribution < 1.29 is 18.7 Å². The number of carbonyl (C=O) groups excluding carboxylic acids is 2. The third-order valence-corrected chi connectivity index (χ3v) is 4.86. The molecule has 0 atom stereocenters. The second kappa shape index (κ2) is 8.39. The largest absolute Gasteiger partial charge is 0.459 e. The Labute approximate surface area is 169 Å².